The number of carbonyl (C=O) groups excluding carboxylic acids is 1. The summed E-state index contributed by atoms with van der Waals surface area (Å²) in [4.78, 5) is 10.7. The standard InChI is InChI=1S/C10H18O5/c1-4-10(11)15-9(2)14-8-7-13-6-5-12-3/h4,9H,1,5-8H2,2-3H3. The van der Waals surface area contributed by atoms with Crippen LogP contribution in [0.1, 0.15) is 6.92 Å². The predicted molar refractivity (Wildman–Crippen MR) is 54.4 cm³/mol. The van der Waals surface area contributed by atoms with Crippen LogP contribution in [-0.2, 0) is 23.7 Å². The van der Waals surface area contributed by atoms with Gasteiger partial charge in [0.2, 0.25) is 6.29 Å². The van der Waals surface area contributed by atoms with E-state index in [4.69, 9.17) is 18.9 Å². The van der Waals surface area contributed by atoms with E-state index in [0.29, 0.717) is 26.4 Å². The maximum Gasteiger partial charge on any atom is 0.332 e. The number of hydrogen-bond acceptors (Lipinski definition) is 5. The van der Waals surface area contributed by atoms with Crippen molar-refractivity contribution in [3.05, 3.63) is 12.7 Å². The van der Waals surface area contributed by atoms with Gasteiger partial charge in [0.25, 0.3) is 0 Å². The van der Waals surface area contributed by atoms with Crippen molar-refractivity contribution in [2.45, 2.75) is 13.2 Å². The maximum absolute atomic E-state index is 10.7. The van der Waals surface area contributed by atoms with Crippen LogP contribution in [-0.4, -0.2) is 45.8 Å². The smallest absolute Gasteiger partial charge is 0.332 e. The molecule has 1 atom stereocenters. The Morgan fingerprint density at radius 2 is 2.00 bits per heavy atom. The van der Waals surface area contributed by atoms with E-state index < -0.39 is 12.3 Å². The fourth-order valence-corrected chi connectivity index (χ4v) is 0.763. The van der Waals surface area contributed by atoms with Gasteiger partial charge >= 0.3 is 5.97 Å². The highest BCUT2D eigenvalue weighted by atomic mass is 16.7. The van der Waals surface area contributed by atoms with Gasteiger partial charge in [0.1, 0.15) is 0 Å². The van der Waals surface area contributed by atoms with Crippen molar-refractivity contribution < 1.29 is 23.7 Å². The van der Waals surface area contributed by atoms with E-state index >= 15 is 0 Å². The zero-order valence-electron chi connectivity index (χ0n) is 9.23. The second-order valence-electron chi connectivity index (χ2n) is 2.68. The molecule has 0 fully saturated rings. The Labute approximate surface area is 89.9 Å². The summed E-state index contributed by atoms with van der Waals surface area (Å²) in [6.45, 7) is 6.81. The van der Waals surface area contributed by atoms with E-state index in [1.54, 1.807) is 14.0 Å². The zero-order chi connectivity index (χ0) is 11.5. The molecule has 0 aromatic heterocycles. The Bertz CT molecular complexity index is 181. The molecule has 88 valence electrons. The lowest BCUT2D eigenvalue weighted by atomic mass is 10.6. The highest BCUT2D eigenvalue weighted by Gasteiger charge is 2.05. The Hall–Kier alpha value is -0.910. The third-order valence-corrected chi connectivity index (χ3v) is 1.46. The first-order chi connectivity index (χ1) is 7.20. The molecule has 0 aromatic rings. The minimum atomic E-state index is -0.582. The molecular formula is C10H18O5. The summed E-state index contributed by atoms with van der Waals surface area (Å²) in [6.07, 6.45) is 0.510. The molecule has 0 bridgehead atoms. The molecule has 0 saturated carbocycles. The third-order valence-electron chi connectivity index (χ3n) is 1.46. The van der Waals surface area contributed by atoms with Crippen LogP contribution in [0.25, 0.3) is 0 Å². The number of ether oxygens (including phenoxy) is 4. The highest BCUT2D eigenvalue weighted by molar-refractivity contribution is 5.81. The normalized spacial score (nSPS) is 12.1. The van der Waals surface area contributed by atoms with Crippen LogP contribution in [0.5, 0.6) is 0 Å². The van der Waals surface area contributed by atoms with E-state index in [9.17, 15) is 4.79 Å². The second-order valence-corrected chi connectivity index (χ2v) is 2.68. The molecule has 0 rings (SSSR count). The van der Waals surface area contributed by atoms with Gasteiger partial charge in [0.15, 0.2) is 0 Å². The van der Waals surface area contributed by atoms with E-state index in [1.165, 1.54) is 0 Å². The minimum absolute atomic E-state index is 0.370. The average molecular weight is 218 g/mol. The number of methoxy groups -OCH3 is 1. The molecule has 5 heteroatoms. The van der Waals surface area contributed by atoms with Crippen LogP contribution in [0.15, 0.2) is 12.7 Å². The first-order valence-corrected chi connectivity index (χ1v) is 4.72. The summed E-state index contributed by atoms with van der Waals surface area (Å²) in [5.41, 5.74) is 0. The van der Waals surface area contributed by atoms with Gasteiger partial charge in [-0.2, -0.15) is 0 Å². The number of hydrogen-bond donors (Lipinski definition) is 0. The van der Waals surface area contributed by atoms with Gasteiger partial charge in [-0.1, -0.05) is 6.58 Å². The summed E-state index contributed by atoms with van der Waals surface area (Å²) >= 11 is 0. The van der Waals surface area contributed by atoms with E-state index in [2.05, 4.69) is 6.58 Å². The van der Waals surface area contributed by atoms with E-state index in [1.807, 2.05) is 0 Å². The highest BCUT2D eigenvalue weighted by Crippen LogP contribution is 1.94. The monoisotopic (exact) mass is 218 g/mol. The molecular weight excluding hydrogens is 200 g/mol. The van der Waals surface area contributed by atoms with E-state index in [0.717, 1.165) is 6.08 Å². The molecule has 0 aliphatic rings. The largest absolute Gasteiger partial charge is 0.433 e. The van der Waals surface area contributed by atoms with Crippen molar-refractivity contribution in [1.29, 1.82) is 0 Å². The van der Waals surface area contributed by atoms with Crippen LogP contribution in [0.3, 0.4) is 0 Å². The van der Waals surface area contributed by atoms with Crippen molar-refractivity contribution in [1.82, 2.24) is 0 Å². The van der Waals surface area contributed by atoms with Crippen molar-refractivity contribution >= 4 is 5.97 Å². The molecule has 0 aliphatic heterocycles. The molecule has 15 heavy (non-hydrogen) atoms. The van der Waals surface area contributed by atoms with Gasteiger partial charge in [0, 0.05) is 13.2 Å². The molecule has 1 unspecified atom stereocenters. The second kappa shape index (κ2) is 9.64. The summed E-state index contributed by atoms with van der Waals surface area (Å²) in [6, 6.07) is 0. The molecule has 0 radical (unpaired) electrons. The van der Waals surface area contributed by atoms with Gasteiger partial charge in [-0.15, -0.1) is 0 Å². The minimum Gasteiger partial charge on any atom is -0.433 e. The van der Waals surface area contributed by atoms with Crippen LogP contribution < -0.4 is 0 Å². The van der Waals surface area contributed by atoms with Crippen LogP contribution in [0, 0.1) is 0 Å². The lowest BCUT2D eigenvalue weighted by molar-refractivity contribution is -0.171. The van der Waals surface area contributed by atoms with Crippen LogP contribution in [0.2, 0.25) is 0 Å². The van der Waals surface area contributed by atoms with Gasteiger partial charge in [-0.3, -0.25) is 0 Å². The lowest BCUT2D eigenvalue weighted by Gasteiger charge is -2.12. The Kier molecular flexibility index (Phi) is 9.05. The molecule has 5 nitrogen and oxygen atoms in total. The topological polar surface area (TPSA) is 54.0 Å². The molecule has 0 aromatic carbocycles. The van der Waals surface area contributed by atoms with Gasteiger partial charge in [0.05, 0.1) is 26.4 Å². The van der Waals surface area contributed by atoms with Gasteiger partial charge in [-0.05, 0) is 6.92 Å². The summed E-state index contributed by atoms with van der Waals surface area (Å²) in [7, 11) is 1.61. The first-order valence-electron chi connectivity index (χ1n) is 4.72. The van der Waals surface area contributed by atoms with Gasteiger partial charge < -0.3 is 18.9 Å². The fourth-order valence-electron chi connectivity index (χ4n) is 0.763. The molecule has 0 saturated heterocycles. The third kappa shape index (κ3) is 9.40. The van der Waals surface area contributed by atoms with Crippen molar-refractivity contribution in [3.63, 3.8) is 0 Å². The maximum atomic E-state index is 10.7. The summed E-state index contributed by atoms with van der Waals surface area (Å²) < 4.78 is 19.8. The Morgan fingerprint density at radius 1 is 1.33 bits per heavy atom. The predicted octanol–water partition coefficient (Wildman–Crippen LogP) is 0.741. The fraction of sp³-hybridized carbons (Fsp3) is 0.700. The Morgan fingerprint density at radius 3 is 2.60 bits per heavy atom. The molecule has 0 spiro atoms. The van der Waals surface area contributed by atoms with Crippen LogP contribution in [0.4, 0.5) is 0 Å². The number of carbonyl (C=O) groups is 1. The number of esters is 1. The lowest BCUT2D eigenvalue weighted by Crippen LogP contribution is -2.19. The summed E-state index contributed by atoms with van der Waals surface area (Å²) in [5.74, 6) is -0.497. The number of rotatable bonds is 9. The summed E-state index contributed by atoms with van der Waals surface area (Å²) in [5, 5.41) is 0. The molecule has 0 heterocycles. The average Bonchev–Trinajstić information content (AvgIpc) is 2.23. The van der Waals surface area contributed by atoms with E-state index in [-0.39, 0.29) is 0 Å². The zero-order valence-corrected chi connectivity index (χ0v) is 9.23. The quantitative estimate of drug-likeness (QED) is 0.247. The van der Waals surface area contributed by atoms with Gasteiger partial charge in [-0.25, -0.2) is 4.79 Å². The molecule has 0 N–H and O–H groups in total. The van der Waals surface area contributed by atoms with Crippen LogP contribution >= 0.6 is 0 Å². The molecule has 0 amide bonds. The molecule has 0 aliphatic carbocycles. The first kappa shape index (κ1) is 14.1. The Balaban J connectivity index is 3.27. The SMILES string of the molecule is C=CC(=O)OC(C)OCCOCCOC. The van der Waals surface area contributed by atoms with Crippen molar-refractivity contribution in [2.24, 2.45) is 0 Å². The van der Waals surface area contributed by atoms with Crippen molar-refractivity contribution in [3.8, 4) is 0 Å². The van der Waals surface area contributed by atoms with Crippen molar-refractivity contribution in [2.75, 3.05) is 33.5 Å².